The molecule has 1 saturated heterocycles. The second-order valence-electron chi connectivity index (χ2n) is 6.38. The molecule has 1 fully saturated rings. The summed E-state index contributed by atoms with van der Waals surface area (Å²) in [5, 5.41) is 10.1. The van der Waals surface area contributed by atoms with Crippen LogP contribution in [0, 0.1) is 0 Å². The SMILES string of the molecule is CCCCOC(=O)C1=CCS[C@H]2C(NC(=O)C(=NOC)c3csc(NC=O)n3)C(=O)N12. The number of unbranched alkanes of at least 4 members (excludes halogenated alkanes) is 1. The predicted molar refractivity (Wildman–Crippen MR) is 114 cm³/mol. The maximum Gasteiger partial charge on any atom is 0.354 e. The van der Waals surface area contributed by atoms with E-state index in [-0.39, 0.29) is 28.8 Å². The fourth-order valence-electron chi connectivity index (χ4n) is 2.92. The number of anilines is 1. The highest BCUT2D eigenvalue weighted by Crippen LogP contribution is 2.37. The van der Waals surface area contributed by atoms with Gasteiger partial charge in [0.2, 0.25) is 6.41 Å². The van der Waals surface area contributed by atoms with Gasteiger partial charge in [-0.2, -0.15) is 0 Å². The lowest BCUT2D eigenvalue weighted by Gasteiger charge is -2.48. The summed E-state index contributed by atoms with van der Waals surface area (Å²) in [6.07, 6.45) is 3.75. The third kappa shape index (κ3) is 4.88. The molecule has 1 aromatic rings. The van der Waals surface area contributed by atoms with Crippen molar-refractivity contribution in [1.29, 1.82) is 0 Å². The zero-order valence-electron chi connectivity index (χ0n) is 16.8. The number of β-lactam (4-membered cyclic amide) rings is 1. The van der Waals surface area contributed by atoms with Gasteiger partial charge in [-0.05, 0) is 12.5 Å². The molecule has 1 aromatic heterocycles. The van der Waals surface area contributed by atoms with Crippen molar-refractivity contribution >= 4 is 58.1 Å². The predicted octanol–water partition coefficient (Wildman–Crippen LogP) is 0.689. The number of carbonyl (C=O) groups excluding carboxylic acids is 4. The van der Waals surface area contributed by atoms with Crippen LogP contribution in [0.4, 0.5) is 5.13 Å². The Labute approximate surface area is 186 Å². The van der Waals surface area contributed by atoms with E-state index in [1.165, 1.54) is 29.2 Å². The van der Waals surface area contributed by atoms with Crippen molar-refractivity contribution in [2.45, 2.75) is 31.2 Å². The van der Waals surface area contributed by atoms with E-state index in [4.69, 9.17) is 9.57 Å². The molecule has 2 N–H and O–H groups in total. The Morgan fingerprint density at radius 1 is 1.45 bits per heavy atom. The van der Waals surface area contributed by atoms with Gasteiger partial charge in [0, 0.05) is 11.1 Å². The summed E-state index contributed by atoms with van der Waals surface area (Å²) in [5.74, 6) is -1.12. The molecule has 166 valence electrons. The van der Waals surface area contributed by atoms with Crippen molar-refractivity contribution < 1.29 is 28.8 Å². The number of hydrogen-bond acceptors (Lipinski definition) is 10. The van der Waals surface area contributed by atoms with E-state index in [1.807, 2.05) is 6.92 Å². The molecule has 3 amide bonds. The number of oxime groups is 1. The zero-order chi connectivity index (χ0) is 22.4. The number of nitrogens with one attached hydrogen (secondary N) is 2. The molecule has 31 heavy (non-hydrogen) atoms. The van der Waals surface area contributed by atoms with Gasteiger partial charge in [0.1, 0.15) is 29.9 Å². The average molecular weight is 468 g/mol. The highest BCUT2D eigenvalue weighted by molar-refractivity contribution is 8.00. The number of aromatic nitrogens is 1. The molecule has 2 atom stereocenters. The number of esters is 1. The minimum Gasteiger partial charge on any atom is -0.461 e. The molecule has 13 heteroatoms. The van der Waals surface area contributed by atoms with Crippen LogP contribution in [-0.4, -0.2) is 70.7 Å². The van der Waals surface area contributed by atoms with Crippen LogP contribution >= 0.6 is 23.1 Å². The zero-order valence-corrected chi connectivity index (χ0v) is 18.5. The summed E-state index contributed by atoms with van der Waals surface area (Å²) in [6, 6.07) is -0.835. The number of amides is 3. The van der Waals surface area contributed by atoms with E-state index in [2.05, 4.69) is 20.8 Å². The van der Waals surface area contributed by atoms with Crippen LogP contribution in [0.15, 0.2) is 22.3 Å². The molecule has 3 rings (SSSR count). The highest BCUT2D eigenvalue weighted by Gasteiger charge is 2.53. The molecule has 1 unspecified atom stereocenters. The maximum atomic E-state index is 12.8. The Hall–Kier alpha value is -2.93. The second kappa shape index (κ2) is 10.4. The van der Waals surface area contributed by atoms with Gasteiger partial charge >= 0.3 is 5.97 Å². The number of rotatable bonds is 10. The summed E-state index contributed by atoms with van der Waals surface area (Å²) >= 11 is 2.53. The number of thiazole rings is 1. The van der Waals surface area contributed by atoms with Crippen molar-refractivity contribution in [3.63, 3.8) is 0 Å². The van der Waals surface area contributed by atoms with Gasteiger partial charge in [0.25, 0.3) is 11.8 Å². The van der Waals surface area contributed by atoms with E-state index >= 15 is 0 Å². The molecule has 2 aliphatic heterocycles. The minimum atomic E-state index is -0.835. The summed E-state index contributed by atoms with van der Waals surface area (Å²) in [4.78, 5) is 58.5. The van der Waals surface area contributed by atoms with Crippen LogP contribution in [0.5, 0.6) is 0 Å². The molecule has 0 spiro atoms. The van der Waals surface area contributed by atoms with Gasteiger partial charge in [-0.3, -0.25) is 19.3 Å². The van der Waals surface area contributed by atoms with Crippen LogP contribution in [-0.2, 0) is 28.8 Å². The van der Waals surface area contributed by atoms with E-state index in [9.17, 15) is 19.2 Å². The Bertz CT molecular complexity index is 930. The smallest absolute Gasteiger partial charge is 0.354 e. The molecule has 0 radical (unpaired) electrons. The van der Waals surface area contributed by atoms with E-state index in [0.717, 1.165) is 24.2 Å². The van der Waals surface area contributed by atoms with Gasteiger partial charge < -0.3 is 20.2 Å². The van der Waals surface area contributed by atoms with E-state index in [1.54, 1.807) is 6.08 Å². The van der Waals surface area contributed by atoms with Gasteiger partial charge in [-0.1, -0.05) is 18.5 Å². The first-order valence-electron chi connectivity index (χ1n) is 9.41. The minimum absolute atomic E-state index is 0.139. The van der Waals surface area contributed by atoms with Crippen LogP contribution in [0.3, 0.4) is 0 Å². The monoisotopic (exact) mass is 467 g/mol. The Kier molecular flexibility index (Phi) is 7.63. The Morgan fingerprint density at radius 2 is 2.26 bits per heavy atom. The molecule has 2 aliphatic rings. The number of carbonyl (C=O) groups is 4. The molecule has 0 bridgehead atoms. The number of fused-ring (bicyclic) bond motifs is 1. The molecule has 0 saturated carbocycles. The summed E-state index contributed by atoms with van der Waals surface area (Å²) < 4.78 is 5.22. The number of ether oxygens (including phenoxy) is 1. The second-order valence-corrected chi connectivity index (χ2v) is 8.39. The third-order valence-electron chi connectivity index (χ3n) is 4.40. The fourth-order valence-corrected chi connectivity index (χ4v) is 4.77. The van der Waals surface area contributed by atoms with Crippen LogP contribution in [0.25, 0.3) is 0 Å². The lowest BCUT2D eigenvalue weighted by Crippen LogP contribution is -2.70. The van der Waals surface area contributed by atoms with Gasteiger partial charge in [0.05, 0.1) is 6.61 Å². The standard InChI is InChI=1S/C18H21N5O6S2/c1-3-4-6-29-17(27)11-5-7-30-16-13(15(26)23(11)16)21-14(25)12(22-28-2)10-8-31-18(20-10)19-9-24/h5,8-9,13,16H,3-4,6-7H2,1-2H3,(H,21,25)(H,19,20,24)/t13?,16-/m0/s1. The Balaban J connectivity index is 1.67. The summed E-state index contributed by atoms with van der Waals surface area (Å²) in [7, 11) is 1.28. The number of hydrogen-bond donors (Lipinski definition) is 2. The number of nitrogens with zero attached hydrogens (tertiary/aromatic N) is 3. The molecule has 0 aromatic carbocycles. The van der Waals surface area contributed by atoms with E-state index < -0.39 is 29.2 Å². The van der Waals surface area contributed by atoms with E-state index in [0.29, 0.717) is 12.2 Å². The van der Waals surface area contributed by atoms with Crippen molar-refractivity contribution in [2.24, 2.45) is 5.16 Å². The van der Waals surface area contributed by atoms with Crippen molar-refractivity contribution in [1.82, 2.24) is 15.2 Å². The molecule has 0 aliphatic carbocycles. The molecular formula is C18H21N5O6S2. The highest BCUT2D eigenvalue weighted by atomic mass is 32.2. The van der Waals surface area contributed by atoms with Crippen molar-refractivity contribution in [3.8, 4) is 0 Å². The Morgan fingerprint density at radius 3 is 2.97 bits per heavy atom. The molecule has 3 heterocycles. The first-order chi connectivity index (χ1) is 15.0. The maximum absolute atomic E-state index is 12.8. The van der Waals surface area contributed by atoms with Gasteiger partial charge in [-0.15, -0.1) is 23.1 Å². The van der Waals surface area contributed by atoms with Gasteiger partial charge in [0.15, 0.2) is 10.8 Å². The largest absolute Gasteiger partial charge is 0.461 e. The van der Waals surface area contributed by atoms with Gasteiger partial charge in [-0.25, -0.2) is 9.78 Å². The first-order valence-corrected chi connectivity index (χ1v) is 11.3. The quantitative estimate of drug-likeness (QED) is 0.128. The van der Waals surface area contributed by atoms with Crippen molar-refractivity contribution in [3.05, 3.63) is 22.8 Å². The molecular weight excluding hydrogens is 446 g/mol. The lowest BCUT2D eigenvalue weighted by atomic mass is 10.0. The molecule has 11 nitrogen and oxygen atoms in total. The van der Waals surface area contributed by atoms with Crippen molar-refractivity contribution in [2.75, 3.05) is 24.8 Å². The average Bonchev–Trinajstić information content (AvgIpc) is 3.23. The summed E-state index contributed by atoms with van der Waals surface area (Å²) in [6.45, 7) is 2.27. The van der Waals surface area contributed by atoms with Crippen LogP contribution in [0.2, 0.25) is 0 Å². The normalized spacial score (nSPS) is 20.2. The topological polar surface area (TPSA) is 139 Å². The number of thioether (sulfide) groups is 1. The van der Waals surface area contributed by atoms with Crippen LogP contribution < -0.4 is 10.6 Å². The third-order valence-corrected chi connectivity index (χ3v) is 6.36. The fraction of sp³-hybridized carbons (Fsp3) is 0.444. The van der Waals surface area contributed by atoms with Crippen LogP contribution in [0.1, 0.15) is 25.5 Å². The first kappa shape index (κ1) is 22.7. The lowest BCUT2D eigenvalue weighted by molar-refractivity contribution is -0.152. The summed E-state index contributed by atoms with van der Waals surface area (Å²) in [5.41, 5.74) is 0.249.